The van der Waals surface area contributed by atoms with Gasteiger partial charge in [0.2, 0.25) is 0 Å². The van der Waals surface area contributed by atoms with E-state index < -0.39 is 0 Å². The minimum Gasteiger partial charge on any atom is -0.381 e. The van der Waals surface area contributed by atoms with E-state index in [1.165, 1.54) is 4.70 Å². The molecule has 4 nitrogen and oxygen atoms in total. The molecule has 2 aromatic rings. The smallest absolute Gasteiger partial charge is 0.319 e. The van der Waals surface area contributed by atoms with Gasteiger partial charge in [-0.15, -0.1) is 11.3 Å². The molecule has 112 valence electrons. The van der Waals surface area contributed by atoms with E-state index in [0.717, 1.165) is 37.1 Å². The highest BCUT2D eigenvalue weighted by molar-refractivity contribution is 7.17. The Morgan fingerprint density at radius 3 is 2.95 bits per heavy atom. The van der Waals surface area contributed by atoms with Gasteiger partial charge in [0.1, 0.15) is 0 Å². The van der Waals surface area contributed by atoms with Gasteiger partial charge in [-0.2, -0.15) is 0 Å². The van der Waals surface area contributed by atoms with Crippen molar-refractivity contribution in [3.63, 3.8) is 0 Å². The number of carbonyl (C=O) groups is 1. The standard InChI is InChI=1S/C16H20N2O2S/c1-11(12-4-7-20-8-5-12)17-16(19)18-14-2-3-15-13(10-14)6-9-21-15/h2-3,6,9-12H,4-5,7-8H2,1H3,(H2,17,18,19). The molecule has 0 bridgehead atoms. The minimum absolute atomic E-state index is 0.136. The summed E-state index contributed by atoms with van der Waals surface area (Å²) in [6.07, 6.45) is 2.03. The number of thiophene rings is 1. The highest BCUT2D eigenvalue weighted by atomic mass is 32.1. The van der Waals surface area contributed by atoms with Gasteiger partial charge in [-0.1, -0.05) is 0 Å². The lowest BCUT2D eigenvalue weighted by atomic mass is 9.93. The van der Waals surface area contributed by atoms with E-state index in [1.54, 1.807) is 11.3 Å². The number of hydrogen-bond donors (Lipinski definition) is 2. The summed E-state index contributed by atoms with van der Waals surface area (Å²) in [4.78, 5) is 12.1. The third-order valence-electron chi connectivity index (χ3n) is 4.04. The number of hydrogen-bond acceptors (Lipinski definition) is 3. The molecule has 1 unspecified atom stereocenters. The summed E-state index contributed by atoms with van der Waals surface area (Å²) in [7, 11) is 0. The van der Waals surface area contributed by atoms with E-state index >= 15 is 0 Å². The van der Waals surface area contributed by atoms with Gasteiger partial charge in [0, 0.05) is 29.6 Å². The first kappa shape index (κ1) is 14.4. The molecule has 1 aromatic carbocycles. The average molecular weight is 304 g/mol. The number of nitrogens with one attached hydrogen (secondary N) is 2. The van der Waals surface area contributed by atoms with Gasteiger partial charge in [-0.3, -0.25) is 0 Å². The molecular weight excluding hydrogens is 284 g/mol. The van der Waals surface area contributed by atoms with E-state index in [2.05, 4.69) is 29.0 Å². The molecule has 2 amide bonds. The van der Waals surface area contributed by atoms with Crippen LogP contribution in [0.4, 0.5) is 10.5 Å². The topological polar surface area (TPSA) is 50.4 Å². The molecule has 0 aliphatic carbocycles. The van der Waals surface area contributed by atoms with E-state index in [4.69, 9.17) is 4.74 Å². The van der Waals surface area contributed by atoms with Gasteiger partial charge in [-0.05, 0) is 60.7 Å². The second-order valence-electron chi connectivity index (χ2n) is 5.51. The highest BCUT2D eigenvalue weighted by Gasteiger charge is 2.21. The first-order valence-corrected chi connectivity index (χ1v) is 8.23. The van der Waals surface area contributed by atoms with Gasteiger partial charge < -0.3 is 15.4 Å². The molecule has 1 aliphatic rings. The molecule has 21 heavy (non-hydrogen) atoms. The van der Waals surface area contributed by atoms with Crippen molar-refractivity contribution in [2.45, 2.75) is 25.8 Å². The van der Waals surface area contributed by atoms with E-state index in [0.29, 0.717) is 5.92 Å². The second kappa shape index (κ2) is 6.45. The zero-order valence-electron chi connectivity index (χ0n) is 12.1. The minimum atomic E-state index is -0.136. The van der Waals surface area contributed by atoms with Crippen LogP contribution in [-0.4, -0.2) is 25.3 Å². The van der Waals surface area contributed by atoms with Crippen molar-refractivity contribution < 1.29 is 9.53 Å². The predicted octanol–water partition coefficient (Wildman–Crippen LogP) is 3.84. The van der Waals surface area contributed by atoms with Crippen molar-refractivity contribution in [2.24, 2.45) is 5.92 Å². The number of fused-ring (bicyclic) bond motifs is 1. The molecule has 1 saturated heterocycles. The summed E-state index contributed by atoms with van der Waals surface area (Å²) >= 11 is 1.70. The molecule has 0 radical (unpaired) electrons. The van der Waals surface area contributed by atoms with Gasteiger partial charge in [0.25, 0.3) is 0 Å². The maximum atomic E-state index is 12.1. The Morgan fingerprint density at radius 1 is 1.33 bits per heavy atom. The maximum Gasteiger partial charge on any atom is 0.319 e. The van der Waals surface area contributed by atoms with Crippen LogP contribution in [0.1, 0.15) is 19.8 Å². The first-order chi connectivity index (χ1) is 10.2. The van der Waals surface area contributed by atoms with Crippen molar-refractivity contribution >= 4 is 33.1 Å². The summed E-state index contributed by atoms with van der Waals surface area (Å²) in [6, 6.07) is 8.08. The van der Waals surface area contributed by atoms with Gasteiger partial charge in [0.05, 0.1) is 0 Å². The molecule has 0 saturated carbocycles. The number of benzene rings is 1. The van der Waals surface area contributed by atoms with Crippen molar-refractivity contribution in [1.82, 2.24) is 5.32 Å². The van der Waals surface area contributed by atoms with Gasteiger partial charge in [-0.25, -0.2) is 4.79 Å². The first-order valence-electron chi connectivity index (χ1n) is 7.35. The molecule has 1 fully saturated rings. The van der Waals surface area contributed by atoms with Crippen molar-refractivity contribution in [3.05, 3.63) is 29.6 Å². The largest absolute Gasteiger partial charge is 0.381 e. The van der Waals surface area contributed by atoms with Crippen LogP contribution in [0.2, 0.25) is 0 Å². The molecule has 3 rings (SSSR count). The predicted molar refractivity (Wildman–Crippen MR) is 87.0 cm³/mol. The Hall–Kier alpha value is -1.59. The third-order valence-corrected chi connectivity index (χ3v) is 4.94. The van der Waals surface area contributed by atoms with E-state index in [-0.39, 0.29) is 12.1 Å². The number of carbonyl (C=O) groups excluding carboxylic acids is 1. The van der Waals surface area contributed by atoms with Crippen LogP contribution in [0.25, 0.3) is 10.1 Å². The van der Waals surface area contributed by atoms with Crippen LogP contribution in [0, 0.1) is 5.92 Å². The number of anilines is 1. The number of urea groups is 1. The van der Waals surface area contributed by atoms with Crippen molar-refractivity contribution in [3.8, 4) is 0 Å². The SMILES string of the molecule is CC(NC(=O)Nc1ccc2sccc2c1)C1CCOCC1. The van der Waals surface area contributed by atoms with Crippen LogP contribution in [-0.2, 0) is 4.74 Å². The molecule has 5 heteroatoms. The fourth-order valence-corrected chi connectivity index (χ4v) is 3.52. The monoisotopic (exact) mass is 304 g/mol. The molecule has 0 spiro atoms. The van der Waals surface area contributed by atoms with Crippen LogP contribution in [0.15, 0.2) is 29.6 Å². The molecule has 1 atom stereocenters. The van der Waals surface area contributed by atoms with Crippen molar-refractivity contribution in [1.29, 1.82) is 0 Å². The molecule has 1 aromatic heterocycles. The fourth-order valence-electron chi connectivity index (χ4n) is 2.75. The number of amides is 2. The normalized spacial score (nSPS) is 17.6. The van der Waals surface area contributed by atoms with E-state index in [1.807, 2.05) is 18.2 Å². The zero-order chi connectivity index (χ0) is 14.7. The van der Waals surface area contributed by atoms with Crippen LogP contribution in [0.3, 0.4) is 0 Å². The summed E-state index contributed by atoms with van der Waals surface area (Å²) in [5, 5.41) is 9.17. The zero-order valence-corrected chi connectivity index (χ0v) is 12.9. The Kier molecular flexibility index (Phi) is 4.41. The molecule has 1 aliphatic heterocycles. The average Bonchev–Trinajstić information content (AvgIpc) is 2.95. The number of ether oxygens (including phenoxy) is 1. The lowest BCUT2D eigenvalue weighted by molar-refractivity contribution is 0.0573. The lowest BCUT2D eigenvalue weighted by Gasteiger charge is -2.28. The second-order valence-corrected chi connectivity index (χ2v) is 6.46. The quantitative estimate of drug-likeness (QED) is 0.905. The lowest BCUT2D eigenvalue weighted by Crippen LogP contribution is -2.42. The Balaban J connectivity index is 1.57. The summed E-state index contributed by atoms with van der Waals surface area (Å²) in [6.45, 7) is 3.66. The Bertz CT molecular complexity index is 620. The maximum absolute atomic E-state index is 12.1. The Morgan fingerprint density at radius 2 is 2.14 bits per heavy atom. The fraction of sp³-hybridized carbons (Fsp3) is 0.438. The summed E-state index contributed by atoms with van der Waals surface area (Å²) in [5.41, 5.74) is 0.831. The summed E-state index contributed by atoms with van der Waals surface area (Å²) in [5.74, 6) is 0.504. The van der Waals surface area contributed by atoms with Gasteiger partial charge in [0.15, 0.2) is 0 Å². The molecule has 2 heterocycles. The highest BCUT2D eigenvalue weighted by Crippen LogP contribution is 2.24. The van der Waals surface area contributed by atoms with Crippen LogP contribution in [0.5, 0.6) is 0 Å². The van der Waals surface area contributed by atoms with E-state index in [9.17, 15) is 4.79 Å². The number of rotatable bonds is 3. The van der Waals surface area contributed by atoms with Crippen molar-refractivity contribution in [2.75, 3.05) is 18.5 Å². The summed E-state index contributed by atoms with van der Waals surface area (Å²) < 4.78 is 6.59. The third kappa shape index (κ3) is 3.54. The molecular formula is C16H20N2O2S. The van der Waals surface area contributed by atoms with Crippen LogP contribution < -0.4 is 10.6 Å². The van der Waals surface area contributed by atoms with Gasteiger partial charge >= 0.3 is 6.03 Å². The Labute approximate surface area is 128 Å². The van der Waals surface area contributed by atoms with Crippen LogP contribution >= 0.6 is 11.3 Å². The molecule has 2 N–H and O–H groups in total.